The predicted octanol–water partition coefficient (Wildman–Crippen LogP) is 5.84. The zero-order chi connectivity index (χ0) is 14.8. The minimum atomic E-state index is -1.59. The van der Waals surface area contributed by atoms with Gasteiger partial charge < -0.3 is 4.43 Å². The van der Waals surface area contributed by atoms with Crippen LogP contribution in [0.5, 0.6) is 0 Å². The summed E-state index contributed by atoms with van der Waals surface area (Å²) in [5.41, 5.74) is 2.88. The molecule has 114 valence electrons. The molecule has 0 unspecified atom stereocenters. The third kappa shape index (κ3) is 3.85. The molecule has 1 saturated carbocycles. The first-order valence-electron chi connectivity index (χ1n) is 8.33. The van der Waals surface area contributed by atoms with E-state index in [0.717, 1.165) is 18.8 Å². The lowest BCUT2D eigenvalue weighted by molar-refractivity contribution is -0.0142. The Morgan fingerprint density at radius 3 is 2.60 bits per heavy atom. The molecule has 0 saturated heterocycles. The fraction of sp³-hybridized carbons (Fsp3) is 0.778. The van der Waals surface area contributed by atoms with Gasteiger partial charge in [-0.2, -0.15) is 0 Å². The Kier molecular flexibility index (Phi) is 4.96. The average molecular weight is 293 g/mol. The van der Waals surface area contributed by atoms with Crippen molar-refractivity contribution in [1.29, 1.82) is 0 Å². The molecule has 1 aliphatic heterocycles. The lowest BCUT2D eigenvalue weighted by atomic mass is 9.71. The van der Waals surface area contributed by atoms with E-state index in [0.29, 0.717) is 0 Å². The Balaban J connectivity index is 2.33. The molecule has 2 aliphatic rings. The summed E-state index contributed by atoms with van der Waals surface area (Å²) in [6.45, 7) is 13.5. The summed E-state index contributed by atoms with van der Waals surface area (Å²) >= 11 is 0. The summed E-state index contributed by atoms with van der Waals surface area (Å²) < 4.78 is 6.93. The van der Waals surface area contributed by atoms with Crippen LogP contribution in [-0.4, -0.2) is 13.9 Å². The van der Waals surface area contributed by atoms with Crippen LogP contribution in [0.4, 0.5) is 0 Å². The van der Waals surface area contributed by atoms with Gasteiger partial charge in [-0.15, -0.1) is 6.58 Å². The highest BCUT2D eigenvalue weighted by Crippen LogP contribution is 2.46. The Hall–Kier alpha value is -0.343. The van der Waals surface area contributed by atoms with Crippen molar-refractivity contribution in [3.63, 3.8) is 0 Å². The molecule has 0 radical (unpaired) electrons. The van der Waals surface area contributed by atoms with Gasteiger partial charge in [0.05, 0.1) is 5.60 Å². The molecule has 0 N–H and O–H groups in total. The molecule has 0 bridgehead atoms. The molecule has 2 rings (SSSR count). The van der Waals surface area contributed by atoms with Gasteiger partial charge in [0.25, 0.3) is 0 Å². The van der Waals surface area contributed by atoms with Crippen LogP contribution in [0.1, 0.15) is 58.8 Å². The maximum absolute atomic E-state index is 6.93. The fourth-order valence-electron chi connectivity index (χ4n) is 4.20. The Labute approximate surface area is 126 Å². The minimum Gasteiger partial charge on any atom is -0.411 e. The Morgan fingerprint density at radius 1 is 1.35 bits per heavy atom. The van der Waals surface area contributed by atoms with Gasteiger partial charge in [0, 0.05) is 0 Å². The van der Waals surface area contributed by atoms with Crippen molar-refractivity contribution in [3.8, 4) is 0 Å². The van der Waals surface area contributed by atoms with Gasteiger partial charge >= 0.3 is 0 Å². The highest BCUT2D eigenvalue weighted by Gasteiger charge is 2.45. The van der Waals surface area contributed by atoms with Crippen LogP contribution in [0.25, 0.3) is 0 Å². The monoisotopic (exact) mass is 292 g/mol. The second-order valence-electron chi connectivity index (χ2n) is 7.83. The summed E-state index contributed by atoms with van der Waals surface area (Å²) in [7, 11) is -1.59. The van der Waals surface area contributed by atoms with Gasteiger partial charge in [-0.25, -0.2) is 0 Å². The van der Waals surface area contributed by atoms with Gasteiger partial charge in [0.2, 0.25) is 0 Å². The van der Waals surface area contributed by atoms with Crippen LogP contribution in [0.3, 0.4) is 0 Å². The van der Waals surface area contributed by atoms with Crippen molar-refractivity contribution in [2.24, 2.45) is 5.92 Å². The first kappa shape index (κ1) is 16.0. The standard InChI is InChI=1S/C18H32OSi/c1-15(2)13-18(17-9-7-6-8-10-17)14-16(3)11-12-20(4,5)19-18/h11,17H,1,6-10,12-14H2,2-5H3/t18-/m1/s1. The molecule has 0 aromatic heterocycles. The van der Waals surface area contributed by atoms with E-state index < -0.39 is 8.32 Å². The van der Waals surface area contributed by atoms with Crippen LogP contribution < -0.4 is 0 Å². The van der Waals surface area contributed by atoms with E-state index >= 15 is 0 Å². The summed E-state index contributed by atoms with van der Waals surface area (Å²) in [6.07, 6.45) is 11.5. The predicted molar refractivity (Wildman–Crippen MR) is 90.5 cm³/mol. The molecule has 1 nitrogen and oxygen atoms in total. The van der Waals surface area contributed by atoms with Crippen LogP contribution in [-0.2, 0) is 4.43 Å². The zero-order valence-electron chi connectivity index (χ0n) is 13.9. The van der Waals surface area contributed by atoms with Gasteiger partial charge in [0.15, 0.2) is 8.32 Å². The van der Waals surface area contributed by atoms with Crippen LogP contribution in [0.2, 0.25) is 19.1 Å². The van der Waals surface area contributed by atoms with Crippen molar-refractivity contribution < 1.29 is 4.43 Å². The van der Waals surface area contributed by atoms with E-state index in [-0.39, 0.29) is 5.60 Å². The van der Waals surface area contributed by atoms with E-state index in [4.69, 9.17) is 4.43 Å². The third-order valence-corrected chi connectivity index (χ3v) is 7.10. The smallest absolute Gasteiger partial charge is 0.191 e. The van der Waals surface area contributed by atoms with Crippen molar-refractivity contribution >= 4 is 8.32 Å². The molecule has 1 heterocycles. The third-order valence-electron chi connectivity index (χ3n) is 4.95. The quantitative estimate of drug-likeness (QED) is 0.469. The molecule has 0 amide bonds. The maximum atomic E-state index is 6.93. The lowest BCUT2D eigenvalue weighted by Crippen LogP contribution is -2.49. The first-order valence-corrected chi connectivity index (χ1v) is 11.4. The molecule has 1 atom stereocenters. The first-order chi connectivity index (χ1) is 9.33. The van der Waals surface area contributed by atoms with Gasteiger partial charge in [-0.05, 0) is 64.6 Å². The van der Waals surface area contributed by atoms with E-state index in [1.165, 1.54) is 49.3 Å². The Morgan fingerprint density at radius 2 is 2.00 bits per heavy atom. The van der Waals surface area contributed by atoms with Gasteiger partial charge in [-0.3, -0.25) is 0 Å². The zero-order valence-corrected chi connectivity index (χ0v) is 14.9. The van der Waals surface area contributed by atoms with Gasteiger partial charge in [0.1, 0.15) is 0 Å². The number of hydrogen-bond acceptors (Lipinski definition) is 1. The van der Waals surface area contributed by atoms with E-state index in [9.17, 15) is 0 Å². The van der Waals surface area contributed by atoms with Crippen molar-refractivity contribution in [2.75, 3.05) is 0 Å². The molecular formula is C18H32OSi. The largest absolute Gasteiger partial charge is 0.411 e. The number of rotatable bonds is 3. The highest BCUT2D eigenvalue weighted by atomic mass is 28.4. The molecule has 1 fully saturated rings. The number of hydrogen-bond donors (Lipinski definition) is 0. The average Bonchev–Trinajstić information content (AvgIpc) is 2.47. The summed E-state index contributed by atoms with van der Waals surface area (Å²) in [4.78, 5) is 0. The highest BCUT2D eigenvalue weighted by molar-refractivity contribution is 6.71. The van der Waals surface area contributed by atoms with E-state index in [1.54, 1.807) is 0 Å². The topological polar surface area (TPSA) is 9.23 Å². The SMILES string of the molecule is C=C(C)C[C@]1(C2CCCCC2)CC(C)=CC[Si](C)(C)O1. The molecular weight excluding hydrogens is 260 g/mol. The number of allylic oxidation sites excluding steroid dienone is 1. The maximum Gasteiger partial charge on any atom is 0.191 e. The summed E-state index contributed by atoms with van der Waals surface area (Å²) in [6, 6.07) is 1.17. The summed E-state index contributed by atoms with van der Waals surface area (Å²) in [5, 5.41) is 0. The molecule has 0 aromatic carbocycles. The summed E-state index contributed by atoms with van der Waals surface area (Å²) in [5.74, 6) is 0.737. The minimum absolute atomic E-state index is 0.0546. The fourth-order valence-corrected chi connectivity index (χ4v) is 6.54. The molecule has 1 aliphatic carbocycles. The van der Waals surface area contributed by atoms with E-state index in [1.807, 2.05) is 0 Å². The van der Waals surface area contributed by atoms with Crippen molar-refractivity contribution in [2.45, 2.75) is 83.5 Å². The van der Waals surface area contributed by atoms with E-state index in [2.05, 4.69) is 39.6 Å². The second-order valence-corrected chi connectivity index (χ2v) is 12.0. The normalized spacial score (nSPS) is 31.5. The molecule has 0 aromatic rings. The molecule has 2 heteroatoms. The molecule has 0 spiro atoms. The van der Waals surface area contributed by atoms with Crippen LogP contribution in [0.15, 0.2) is 23.8 Å². The molecule has 20 heavy (non-hydrogen) atoms. The van der Waals surface area contributed by atoms with Crippen molar-refractivity contribution in [1.82, 2.24) is 0 Å². The van der Waals surface area contributed by atoms with Crippen molar-refractivity contribution in [3.05, 3.63) is 23.8 Å². The van der Waals surface area contributed by atoms with Crippen LogP contribution in [0, 0.1) is 5.92 Å². The Bertz CT molecular complexity index is 390. The second kappa shape index (κ2) is 6.19. The lowest BCUT2D eigenvalue weighted by Gasteiger charge is -2.46. The van der Waals surface area contributed by atoms with Crippen LogP contribution >= 0.6 is 0 Å². The van der Waals surface area contributed by atoms with Gasteiger partial charge in [-0.1, -0.05) is 36.5 Å².